The number of hydrogen-bond donors (Lipinski definition) is 1. The van der Waals surface area contributed by atoms with Gasteiger partial charge in [0, 0.05) is 42.6 Å². The topological polar surface area (TPSA) is 71.1 Å². The monoisotopic (exact) mass is 507 g/mol. The molecule has 0 aliphatic carbocycles. The smallest absolute Gasteiger partial charge is 0.262 e. The summed E-state index contributed by atoms with van der Waals surface area (Å²) in [5.41, 5.74) is 4.36. The largest absolute Gasteiger partial charge is 0.496 e. The first-order valence-corrected chi connectivity index (χ1v) is 12.2. The van der Waals surface area contributed by atoms with Gasteiger partial charge in [0.2, 0.25) is 0 Å². The lowest BCUT2D eigenvalue weighted by atomic mass is 10.1. The Labute approximate surface area is 216 Å². The van der Waals surface area contributed by atoms with Crippen molar-refractivity contribution in [2.75, 3.05) is 50.1 Å². The van der Waals surface area contributed by atoms with Crippen molar-refractivity contribution in [1.82, 2.24) is 4.90 Å². The van der Waals surface area contributed by atoms with E-state index in [0.29, 0.717) is 54.0 Å². The van der Waals surface area contributed by atoms with Crippen molar-refractivity contribution >= 4 is 34.8 Å². The van der Waals surface area contributed by atoms with Crippen LogP contribution in [-0.4, -0.2) is 56.6 Å². The maximum absolute atomic E-state index is 13.0. The average Bonchev–Trinajstić information content (AvgIpc) is 2.88. The molecule has 1 heterocycles. The maximum atomic E-state index is 13.0. The minimum atomic E-state index is -0.216. The fourth-order valence-electron chi connectivity index (χ4n) is 4.24. The van der Waals surface area contributed by atoms with E-state index >= 15 is 0 Å². The first kappa shape index (κ1) is 25.4. The van der Waals surface area contributed by atoms with Crippen molar-refractivity contribution < 1.29 is 19.1 Å². The molecule has 1 fully saturated rings. The summed E-state index contributed by atoms with van der Waals surface area (Å²) >= 11 is 6.09. The Morgan fingerprint density at radius 3 is 2.28 bits per heavy atom. The number of nitrogens with one attached hydrogen (secondary N) is 1. The number of benzene rings is 3. The number of methoxy groups -OCH3 is 1. The molecule has 3 aromatic carbocycles. The molecule has 1 saturated heterocycles. The predicted octanol–water partition coefficient (Wildman–Crippen LogP) is 4.95. The molecule has 0 aromatic heterocycles. The molecule has 1 aliphatic rings. The number of piperazine rings is 1. The van der Waals surface area contributed by atoms with Crippen molar-refractivity contribution in [3.63, 3.8) is 0 Å². The van der Waals surface area contributed by atoms with Crippen molar-refractivity contribution in [3.8, 4) is 11.5 Å². The summed E-state index contributed by atoms with van der Waals surface area (Å²) in [4.78, 5) is 29.4. The van der Waals surface area contributed by atoms with Gasteiger partial charge in [-0.25, -0.2) is 0 Å². The third-order valence-corrected chi connectivity index (χ3v) is 6.40. The molecule has 3 aromatic rings. The zero-order valence-corrected chi connectivity index (χ0v) is 21.5. The molecule has 188 valence electrons. The summed E-state index contributed by atoms with van der Waals surface area (Å²) in [5, 5.41) is 3.37. The third-order valence-electron chi connectivity index (χ3n) is 6.16. The molecule has 4 rings (SSSR count). The van der Waals surface area contributed by atoms with Gasteiger partial charge in [-0.05, 0) is 67.9 Å². The molecule has 1 aliphatic heterocycles. The van der Waals surface area contributed by atoms with Crippen LogP contribution in [-0.2, 0) is 4.79 Å². The Morgan fingerprint density at radius 2 is 1.61 bits per heavy atom. The summed E-state index contributed by atoms with van der Waals surface area (Å²) in [5.74, 6) is 0.919. The maximum Gasteiger partial charge on any atom is 0.262 e. The zero-order chi connectivity index (χ0) is 25.7. The Morgan fingerprint density at radius 1 is 0.917 bits per heavy atom. The highest BCUT2D eigenvalue weighted by molar-refractivity contribution is 6.31. The molecule has 36 heavy (non-hydrogen) atoms. The van der Waals surface area contributed by atoms with Crippen LogP contribution in [0.4, 0.5) is 11.4 Å². The summed E-state index contributed by atoms with van der Waals surface area (Å²) in [6.07, 6.45) is 0. The van der Waals surface area contributed by atoms with Crippen molar-refractivity contribution in [1.29, 1.82) is 0 Å². The van der Waals surface area contributed by atoms with Gasteiger partial charge in [-0.15, -0.1) is 0 Å². The van der Waals surface area contributed by atoms with E-state index in [1.807, 2.05) is 61.2 Å². The number of nitrogens with zero attached hydrogens (tertiary/aromatic N) is 2. The molecule has 8 heteroatoms. The third kappa shape index (κ3) is 6.10. The van der Waals surface area contributed by atoms with Gasteiger partial charge in [-0.2, -0.15) is 0 Å². The molecule has 1 N–H and O–H groups in total. The lowest BCUT2D eigenvalue weighted by Gasteiger charge is -2.36. The number of anilines is 2. The van der Waals surface area contributed by atoms with E-state index < -0.39 is 0 Å². The van der Waals surface area contributed by atoms with Crippen LogP contribution in [0.25, 0.3) is 0 Å². The van der Waals surface area contributed by atoms with Crippen LogP contribution in [0.1, 0.15) is 21.5 Å². The number of aryl methyl sites for hydroxylation is 2. The predicted molar refractivity (Wildman–Crippen MR) is 143 cm³/mol. The summed E-state index contributed by atoms with van der Waals surface area (Å²) in [7, 11) is 1.54. The average molecular weight is 508 g/mol. The number of carbonyl (C=O) groups excluding carboxylic acids is 2. The zero-order valence-electron chi connectivity index (χ0n) is 20.7. The van der Waals surface area contributed by atoms with Gasteiger partial charge >= 0.3 is 0 Å². The van der Waals surface area contributed by atoms with E-state index in [4.69, 9.17) is 21.1 Å². The highest BCUT2D eigenvalue weighted by Gasteiger charge is 2.24. The van der Waals surface area contributed by atoms with Crippen LogP contribution >= 0.6 is 11.6 Å². The molecule has 0 atom stereocenters. The van der Waals surface area contributed by atoms with Gasteiger partial charge < -0.3 is 24.6 Å². The molecule has 0 unspecified atom stereocenters. The molecule has 0 bridgehead atoms. The van der Waals surface area contributed by atoms with E-state index in [2.05, 4.69) is 10.2 Å². The van der Waals surface area contributed by atoms with Crippen LogP contribution in [0, 0.1) is 13.8 Å². The standard InChI is InChI=1S/C28H30ClN3O4/c1-19-4-10-25(20(2)16-19)36-18-27(33)30-22-6-8-23(9-7-22)31-12-14-32(15-13-31)28(34)24-17-21(29)5-11-26(24)35-3/h4-11,16-17H,12-15,18H2,1-3H3,(H,30,33). The second-order valence-electron chi connectivity index (χ2n) is 8.78. The molecule has 0 spiro atoms. The van der Waals surface area contributed by atoms with E-state index in [1.165, 1.54) is 0 Å². The first-order valence-electron chi connectivity index (χ1n) is 11.8. The van der Waals surface area contributed by atoms with Gasteiger partial charge in [-0.1, -0.05) is 29.3 Å². The minimum Gasteiger partial charge on any atom is -0.496 e. The SMILES string of the molecule is COc1ccc(Cl)cc1C(=O)N1CCN(c2ccc(NC(=O)COc3ccc(C)cc3C)cc2)CC1. The first-order chi connectivity index (χ1) is 17.3. The number of rotatable bonds is 7. The lowest BCUT2D eigenvalue weighted by Crippen LogP contribution is -2.48. The van der Waals surface area contributed by atoms with Gasteiger partial charge in [0.25, 0.3) is 11.8 Å². The number of hydrogen-bond acceptors (Lipinski definition) is 5. The highest BCUT2D eigenvalue weighted by atomic mass is 35.5. The van der Waals surface area contributed by atoms with Gasteiger partial charge in [0.1, 0.15) is 11.5 Å². The van der Waals surface area contributed by atoms with Crippen molar-refractivity contribution in [2.24, 2.45) is 0 Å². The molecule has 0 radical (unpaired) electrons. The van der Waals surface area contributed by atoms with Crippen LogP contribution < -0.4 is 19.7 Å². The van der Waals surface area contributed by atoms with E-state index in [0.717, 1.165) is 16.8 Å². The number of ether oxygens (including phenoxy) is 2. The normalized spacial score (nSPS) is 13.3. The summed E-state index contributed by atoms with van der Waals surface area (Å²) in [6.45, 7) is 6.49. The van der Waals surface area contributed by atoms with Crippen LogP contribution in [0.15, 0.2) is 60.7 Å². The van der Waals surface area contributed by atoms with Gasteiger partial charge in [0.05, 0.1) is 12.7 Å². The van der Waals surface area contributed by atoms with Gasteiger partial charge in [-0.3, -0.25) is 9.59 Å². The molecule has 2 amide bonds. The van der Waals surface area contributed by atoms with Crippen molar-refractivity contribution in [3.05, 3.63) is 82.4 Å². The fraction of sp³-hybridized carbons (Fsp3) is 0.286. The van der Waals surface area contributed by atoms with Crippen LogP contribution in [0.5, 0.6) is 11.5 Å². The molecular formula is C28H30ClN3O4. The molecule has 0 saturated carbocycles. The van der Waals surface area contributed by atoms with E-state index in [1.54, 1.807) is 25.3 Å². The summed E-state index contributed by atoms with van der Waals surface area (Å²) < 4.78 is 11.0. The Balaban J connectivity index is 1.28. The van der Waals surface area contributed by atoms with E-state index in [9.17, 15) is 9.59 Å². The number of halogens is 1. The second kappa shape index (κ2) is 11.4. The van der Waals surface area contributed by atoms with Gasteiger partial charge in [0.15, 0.2) is 6.61 Å². The van der Waals surface area contributed by atoms with Crippen molar-refractivity contribution in [2.45, 2.75) is 13.8 Å². The van der Waals surface area contributed by atoms with Crippen LogP contribution in [0.2, 0.25) is 5.02 Å². The quantitative estimate of drug-likeness (QED) is 0.490. The Kier molecular flexibility index (Phi) is 8.00. The number of carbonyl (C=O) groups is 2. The molecule has 7 nitrogen and oxygen atoms in total. The second-order valence-corrected chi connectivity index (χ2v) is 9.21. The highest BCUT2D eigenvalue weighted by Crippen LogP contribution is 2.26. The van der Waals surface area contributed by atoms with Crippen LogP contribution in [0.3, 0.4) is 0 Å². The summed E-state index contributed by atoms with van der Waals surface area (Å²) in [6, 6.07) is 18.6. The Hall–Kier alpha value is -3.71. The number of amides is 2. The lowest BCUT2D eigenvalue weighted by molar-refractivity contribution is -0.118. The van der Waals surface area contributed by atoms with E-state index in [-0.39, 0.29) is 18.4 Å². The minimum absolute atomic E-state index is 0.0565. The Bertz CT molecular complexity index is 1240. The fourth-order valence-corrected chi connectivity index (χ4v) is 4.41. The molecular weight excluding hydrogens is 478 g/mol.